The molecule has 0 saturated heterocycles. The predicted octanol–water partition coefficient (Wildman–Crippen LogP) is 2.64. The highest BCUT2D eigenvalue weighted by Crippen LogP contribution is 2.15. The topological polar surface area (TPSA) is 26.3 Å². The Morgan fingerprint density at radius 3 is 2.54 bits per heavy atom. The molecule has 4 heteroatoms. The molecule has 0 unspecified atom stereocenters. The van der Waals surface area contributed by atoms with E-state index in [1.54, 1.807) is 46.9 Å². The van der Waals surface area contributed by atoms with Gasteiger partial charge in [-0.15, -0.1) is 0 Å². The lowest BCUT2D eigenvalue weighted by molar-refractivity contribution is -0.128. The van der Waals surface area contributed by atoms with E-state index in [-0.39, 0.29) is 0 Å². The van der Waals surface area contributed by atoms with E-state index in [9.17, 15) is 4.79 Å². The van der Waals surface area contributed by atoms with Crippen molar-refractivity contribution >= 4 is 40.2 Å². The lowest BCUT2D eigenvalue weighted by Gasteiger charge is -1.98. The summed E-state index contributed by atoms with van der Waals surface area (Å²) in [7, 11) is 0. The van der Waals surface area contributed by atoms with E-state index in [0.29, 0.717) is 10.8 Å². The maximum absolute atomic E-state index is 10.9. The first-order valence-corrected chi connectivity index (χ1v) is 4.77. The summed E-state index contributed by atoms with van der Waals surface area (Å²) in [5, 5.41) is 0.597. The minimum atomic E-state index is -0.572. The number of carbonyl (C=O) groups excluding carboxylic acids is 1. The van der Waals surface area contributed by atoms with Crippen LogP contribution < -0.4 is 4.74 Å². The van der Waals surface area contributed by atoms with E-state index in [1.807, 2.05) is 0 Å². The maximum Gasteiger partial charge on any atom is 0.390 e. The molecule has 0 radical (unpaired) electrons. The van der Waals surface area contributed by atoms with Gasteiger partial charge in [-0.2, -0.15) is 0 Å². The predicted molar refractivity (Wildman–Crippen MR) is 58.9 cm³/mol. The van der Waals surface area contributed by atoms with E-state index in [4.69, 9.17) is 16.3 Å². The summed E-state index contributed by atoms with van der Waals surface area (Å²) in [4.78, 5) is 10.9. The Bertz CT molecular complexity index is 361. The standard InChI is InChI=1S/C9H4ClIO2/c10-7-1-3-8(4-2-7)13-9(12)5-6-11/h1-4H. The number of benzene rings is 1. The van der Waals surface area contributed by atoms with Crippen molar-refractivity contribution in [2.24, 2.45) is 0 Å². The third-order valence-electron chi connectivity index (χ3n) is 1.17. The third-order valence-corrected chi connectivity index (χ3v) is 1.70. The third kappa shape index (κ3) is 3.66. The van der Waals surface area contributed by atoms with Crippen LogP contribution in [0.2, 0.25) is 5.02 Å². The second-order valence-corrected chi connectivity index (χ2v) is 3.04. The highest BCUT2D eigenvalue weighted by Gasteiger charge is 1.99. The smallest absolute Gasteiger partial charge is 0.390 e. The van der Waals surface area contributed by atoms with Crippen molar-refractivity contribution in [3.63, 3.8) is 0 Å². The van der Waals surface area contributed by atoms with Gasteiger partial charge in [-0.3, -0.25) is 0 Å². The molecule has 0 aromatic heterocycles. The minimum Gasteiger partial charge on any atom is -0.417 e. The molecule has 0 saturated carbocycles. The zero-order valence-electron chi connectivity index (χ0n) is 6.38. The average molecular weight is 306 g/mol. The van der Waals surface area contributed by atoms with Crippen LogP contribution in [0.4, 0.5) is 0 Å². The molecule has 0 spiro atoms. The number of rotatable bonds is 1. The molecule has 1 aromatic carbocycles. The summed E-state index contributed by atoms with van der Waals surface area (Å²) in [6.45, 7) is 0. The van der Waals surface area contributed by atoms with Gasteiger partial charge in [-0.1, -0.05) is 11.6 Å². The molecule has 0 N–H and O–H groups in total. The molecule has 13 heavy (non-hydrogen) atoms. The fourth-order valence-corrected chi connectivity index (χ4v) is 1.02. The molecule has 0 aliphatic heterocycles. The summed E-state index contributed by atoms with van der Waals surface area (Å²) in [5.74, 6) is 2.12. The Kier molecular flexibility index (Phi) is 4.06. The number of hydrogen-bond donors (Lipinski definition) is 0. The quantitative estimate of drug-likeness (QED) is 0.345. The Hall–Kier alpha value is -0.730. The van der Waals surface area contributed by atoms with E-state index >= 15 is 0 Å². The highest BCUT2D eigenvalue weighted by molar-refractivity contribution is 14.1. The molecular weight excluding hydrogens is 302 g/mol. The van der Waals surface area contributed by atoms with Gasteiger partial charge in [0.1, 0.15) is 5.75 Å². The zero-order valence-corrected chi connectivity index (χ0v) is 9.30. The molecule has 0 heterocycles. The van der Waals surface area contributed by atoms with Gasteiger partial charge in [-0.05, 0) is 28.2 Å². The normalized spacial score (nSPS) is 8.46. The van der Waals surface area contributed by atoms with Crippen molar-refractivity contribution in [3.05, 3.63) is 29.3 Å². The maximum atomic E-state index is 10.9. The fourth-order valence-electron chi connectivity index (χ4n) is 0.674. The van der Waals surface area contributed by atoms with Crippen LogP contribution in [0.1, 0.15) is 0 Å². The van der Waals surface area contributed by atoms with E-state index < -0.39 is 5.97 Å². The summed E-state index contributed by atoms with van der Waals surface area (Å²) in [6, 6.07) is 6.49. The Balaban J connectivity index is 2.68. The van der Waals surface area contributed by atoms with Gasteiger partial charge in [0.15, 0.2) is 0 Å². The van der Waals surface area contributed by atoms with E-state index in [2.05, 4.69) is 9.85 Å². The number of halogens is 2. The molecule has 0 fully saturated rings. The molecule has 0 atom stereocenters. The van der Waals surface area contributed by atoms with Gasteiger partial charge < -0.3 is 4.74 Å². The van der Waals surface area contributed by atoms with Crippen LogP contribution in [0.3, 0.4) is 0 Å². The van der Waals surface area contributed by atoms with Gasteiger partial charge in [0, 0.05) is 33.5 Å². The van der Waals surface area contributed by atoms with Gasteiger partial charge in [0.05, 0.1) is 0 Å². The molecule has 1 rings (SSSR count). The van der Waals surface area contributed by atoms with Gasteiger partial charge in [0.25, 0.3) is 0 Å². The number of carbonyl (C=O) groups is 1. The van der Waals surface area contributed by atoms with Crippen molar-refractivity contribution in [2.75, 3.05) is 0 Å². The second-order valence-electron chi connectivity index (χ2n) is 2.06. The monoisotopic (exact) mass is 306 g/mol. The Morgan fingerprint density at radius 2 is 2.00 bits per heavy atom. The van der Waals surface area contributed by atoms with Crippen LogP contribution in [0, 0.1) is 9.85 Å². The largest absolute Gasteiger partial charge is 0.417 e. The zero-order chi connectivity index (χ0) is 9.68. The van der Waals surface area contributed by atoms with Gasteiger partial charge in [-0.25, -0.2) is 4.79 Å². The first-order chi connectivity index (χ1) is 6.22. The molecule has 0 bridgehead atoms. The van der Waals surface area contributed by atoms with Crippen LogP contribution in [0.5, 0.6) is 5.75 Å². The van der Waals surface area contributed by atoms with Crippen molar-refractivity contribution in [1.82, 2.24) is 0 Å². The highest BCUT2D eigenvalue weighted by atomic mass is 127. The minimum absolute atomic E-state index is 0.438. The molecule has 1 aromatic rings. The Labute approximate surface area is 94.4 Å². The summed E-state index contributed by atoms with van der Waals surface area (Å²) in [5.41, 5.74) is 0. The molecule has 0 aliphatic carbocycles. The number of esters is 1. The molecular formula is C9H4ClIO2. The van der Waals surface area contributed by atoms with Crippen molar-refractivity contribution in [1.29, 1.82) is 0 Å². The van der Waals surface area contributed by atoms with Crippen LogP contribution in [0.25, 0.3) is 0 Å². The van der Waals surface area contributed by atoms with E-state index in [1.165, 1.54) is 0 Å². The lowest BCUT2D eigenvalue weighted by atomic mass is 10.3. The summed E-state index contributed by atoms with van der Waals surface area (Å²) in [6.07, 6.45) is 0. The molecule has 2 nitrogen and oxygen atoms in total. The SMILES string of the molecule is O=C(C#CI)Oc1ccc(Cl)cc1. The summed E-state index contributed by atoms with van der Waals surface area (Å²) < 4.78 is 7.25. The van der Waals surface area contributed by atoms with Crippen molar-refractivity contribution < 1.29 is 9.53 Å². The fraction of sp³-hybridized carbons (Fsp3) is 0. The molecule has 66 valence electrons. The van der Waals surface area contributed by atoms with Crippen LogP contribution in [0.15, 0.2) is 24.3 Å². The van der Waals surface area contributed by atoms with Crippen LogP contribution in [-0.2, 0) is 4.79 Å². The first-order valence-electron chi connectivity index (χ1n) is 3.31. The number of hydrogen-bond acceptors (Lipinski definition) is 2. The number of ether oxygens (including phenoxy) is 1. The van der Waals surface area contributed by atoms with Crippen molar-refractivity contribution in [3.8, 4) is 15.6 Å². The first kappa shape index (κ1) is 10.4. The Morgan fingerprint density at radius 1 is 1.38 bits per heavy atom. The van der Waals surface area contributed by atoms with Crippen molar-refractivity contribution in [2.45, 2.75) is 0 Å². The summed E-state index contributed by atoms with van der Waals surface area (Å²) >= 11 is 7.41. The molecule has 0 amide bonds. The van der Waals surface area contributed by atoms with Crippen LogP contribution >= 0.6 is 34.2 Å². The second kappa shape index (κ2) is 5.10. The van der Waals surface area contributed by atoms with Gasteiger partial charge >= 0.3 is 5.97 Å². The lowest BCUT2D eigenvalue weighted by Crippen LogP contribution is -2.03. The van der Waals surface area contributed by atoms with E-state index in [0.717, 1.165) is 0 Å². The van der Waals surface area contributed by atoms with Crippen LogP contribution in [-0.4, -0.2) is 5.97 Å². The van der Waals surface area contributed by atoms with Gasteiger partial charge in [0.2, 0.25) is 0 Å². The molecule has 0 aliphatic rings. The average Bonchev–Trinajstić information content (AvgIpc) is 2.09.